The number of carbonyl (C=O) groups excluding carboxylic acids is 1. The fourth-order valence-electron chi connectivity index (χ4n) is 4.44. The highest BCUT2D eigenvalue weighted by atomic mass is 32.2. The molecule has 1 fully saturated rings. The van der Waals surface area contributed by atoms with E-state index in [4.69, 9.17) is 9.72 Å². The van der Waals surface area contributed by atoms with E-state index in [0.717, 1.165) is 12.1 Å². The van der Waals surface area contributed by atoms with Gasteiger partial charge in [-0.2, -0.15) is 13.2 Å². The zero-order chi connectivity index (χ0) is 30.6. The Morgan fingerprint density at radius 3 is 2.21 bits per heavy atom. The van der Waals surface area contributed by atoms with E-state index in [-0.39, 0.29) is 17.5 Å². The number of benzene rings is 3. The molecule has 13 heteroatoms. The van der Waals surface area contributed by atoms with Crippen LogP contribution in [0.5, 0.6) is 0 Å². The predicted octanol–water partition coefficient (Wildman–Crippen LogP) is 6.48. The van der Waals surface area contributed by atoms with Crippen LogP contribution in [0.3, 0.4) is 0 Å². The maximum atomic E-state index is 13.4. The summed E-state index contributed by atoms with van der Waals surface area (Å²) in [5, 5.41) is 5.14. The van der Waals surface area contributed by atoms with Crippen LogP contribution in [0, 0.1) is 5.82 Å². The topological polar surface area (TPSA) is 96.5 Å². The SMILES string of the molecule is C[C@H]1COCCN1c1cc(CS(=O)c2ccc(F)cc2)nc(-c2ccc(NC(=O)Nc3ccc(C(F)(F)F)cc3)cc2)n1. The molecule has 1 aliphatic rings. The van der Waals surface area contributed by atoms with Crippen molar-refractivity contribution in [2.75, 3.05) is 35.3 Å². The summed E-state index contributed by atoms with van der Waals surface area (Å²) < 4.78 is 70.3. The van der Waals surface area contributed by atoms with Crippen LogP contribution in [-0.4, -0.2) is 46.0 Å². The van der Waals surface area contributed by atoms with Crippen LogP contribution in [0.4, 0.5) is 39.5 Å². The van der Waals surface area contributed by atoms with Crippen molar-refractivity contribution in [2.24, 2.45) is 0 Å². The molecule has 1 saturated heterocycles. The quantitative estimate of drug-likeness (QED) is 0.232. The molecule has 224 valence electrons. The number of anilines is 3. The molecule has 0 saturated carbocycles. The van der Waals surface area contributed by atoms with Gasteiger partial charge in [0.1, 0.15) is 11.6 Å². The molecule has 0 aliphatic carbocycles. The second-order valence-electron chi connectivity index (χ2n) is 9.83. The van der Waals surface area contributed by atoms with Gasteiger partial charge in [-0.25, -0.2) is 19.2 Å². The molecule has 1 unspecified atom stereocenters. The van der Waals surface area contributed by atoms with Crippen LogP contribution in [0.15, 0.2) is 83.8 Å². The number of morpholine rings is 1. The van der Waals surface area contributed by atoms with Gasteiger partial charge in [0.15, 0.2) is 5.82 Å². The van der Waals surface area contributed by atoms with E-state index in [1.165, 1.54) is 36.4 Å². The normalized spacial score (nSPS) is 16.0. The molecule has 0 radical (unpaired) electrons. The van der Waals surface area contributed by atoms with Gasteiger partial charge in [-0.15, -0.1) is 0 Å². The molecule has 5 rings (SSSR count). The number of hydrogen-bond acceptors (Lipinski definition) is 6. The second kappa shape index (κ2) is 12.9. The van der Waals surface area contributed by atoms with Crippen molar-refractivity contribution in [2.45, 2.75) is 29.8 Å². The van der Waals surface area contributed by atoms with E-state index < -0.39 is 34.4 Å². The summed E-state index contributed by atoms with van der Waals surface area (Å²) in [5.41, 5.74) is 1.01. The number of urea groups is 1. The number of nitrogens with zero attached hydrogens (tertiary/aromatic N) is 3. The van der Waals surface area contributed by atoms with E-state index >= 15 is 0 Å². The lowest BCUT2D eigenvalue weighted by molar-refractivity contribution is -0.137. The van der Waals surface area contributed by atoms with Gasteiger partial charge >= 0.3 is 12.2 Å². The monoisotopic (exact) mass is 613 g/mol. The van der Waals surface area contributed by atoms with Gasteiger partial charge in [0.2, 0.25) is 0 Å². The third-order valence-electron chi connectivity index (χ3n) is 6.65. The highest BCUT2D eigenvalue weighted by Crippen LogP contribution is 2.30. The number of amides is 2. The van der Waals surface area contributed by atoms with Crippen molar-refractivity contribution in [3.63, 3.8) is 0 Å². The first-order valence-corrected chi connectivity index (χ1v) is 14.6. The Morgan fingerprint density at radius 2 is 1.60 bits per heavy atom. The molecule has 4 aromatic rings. The number of ether oxygens (including phenoxy) is 1. The Bertz CT molecular complexity index is 1600. The minimum Gasteiger partial charge on any atom is -0.377 e. The maximum absolute atomic E-state index is 13.4. The van der Waals surface area contributed by atoms with Gasteiger partial charge in [0, 0.05) is 34.4 Å². The molecular formula is C30H27F4N5O3S. The van der Waals surface area contributed by atoms with E-state index in [2.05, 4.69) is 20.5 Å². The standard InChI is InChI=1S/C30H27F4N5O3S/c1-19-17-42-15-14-39(19)27-16-25(18-43(41)26-12-6-22(31)7-13-26)35-28(38-27)20-2-8-23(9-3-20)36-29(40)37-24-10-4-21(5-11-24)30(32,33)34/h2-13,16,19H,14-15,17-18H2,1H3,(H2,36,37,40)/t19-,43?/m0/s1. The summed E-state index contributed by atoms with van der Waals surface area (Å²) in [5.74, 6) is 0.730. The Kier molecular flexibility index (Phi) is 9.02. The fourth-order valence-corrected chi connectivity index (χ4v) is 5.47. The molecule has 0 bridgehead atoms. The highest BCUT2D eigenvalue weighted by molar-refractivity contribution is 7.84. The summed E-state index contributed by atoms with van der Waals surface area (Å²) >= 11 is 0. The summed E-state index contributed by atoms with van der Waals surface area (Å²) in [6.45, 7) is 3.71. The molecule has 2 amide bonds. The number of nitrogens with one attached hydrogen (secondary N) is 2. The minimum atomic E-state index is -4.47. The fraction of sp³-hybridized carbons (Fsp3) is 0.233. The van der Waals surface area contributed by atoms with Crippen LogP contribution < -0.4 is 15.5 Å². The summed E-state index contributed by atoms with van der Waals surface area (Å²) in [6, 6.07) is 17.6. The van der Waals surface area contributed by atoms with E-state index in [1.54, 1.807) is 30.3 Å². The first-order chi connectivity index (χ1) is 20.5. The molecule has 2 heterocycles. The van der Waals surface area contributed by atoms with Crippen LogP contribution >= 0.6 is 0 Å². The summed E-state index contributed by atoms with van der Waals surface area (Å²) in [6.07, 6.45) is -4.47. The van der Waals surface area contributed by atoms with Crippen molar-refractivity contribution in [1.29, 1.82) is 0 Å². The Morgan fingerprint density at radius 1 is 0.977 bits per heavy atom. The van der Waals surface area contributed by atoms with Crippen molar-refractivity contribution >= 4 is 34.0 Å². The van der Waals surface area contributed by atoms with Crippen molar-refractivity contribution < 1.29 is 31.3 Å². The molecule has 2 atom stereocenters. The molecule has 1 aromatic heterocycles. The van der Waals surface area contributed by atoms with Gasteiger partial charge in [-0.05, 0) is 79.7 Å². The van der Waals surface area contributed by atoms with Gasteiger partial charge in [0.05, 0.1) is 47.1 Å². The van der Waals surface area contributed by atoms with E-state index in [9.17, 15) is 26.6 Å². The average Bonchev–Trinajstić information content (AvgIpc) is 2.98. The number of hydrogen-bond donors (Lipinski definition) is 2. The largest absolute Gasteiger partial charge is 0.416 e. The number of rotatable bonds is 7. The Hall–Kier alpha value is -4.36. The molecule has 2 N–H and O–H groups in total. The molecule has 8 nitrogen and oxygen atoms in total. The molecule has 1 aliphatic heterocycles. The smallest absolute Gasteiger partial charge is 0.377 e. The summed E-state index contributed by atoms with van der Waals surface area (Å²) in [7, 11) is -1.47. The summed E-state index contributed by atoms with van der Waals surface area (Å²) in [4.78, 5) is 24.4. The van der Waals surface area contributed by atoms with Crippen LogP contribution in [0.25, 0.3) is 11.4 Å². The van der Waals surface area contributed by atoms with Crippen LogP contribution in [0.1, 0.15) is 18.2 Å². The lowest BCUT2D eigenvalue weighted by Crippen LogP contribution is -2.44. The average molecular weight is 614 g/mol. The number of halogens is 4. The first kappa shape index (κ1) is 30.1. The molecule has 0 spiro atoms. The first-order valence-electron chi connectivity index (χ1n) is 13.3. The second-order valence-corrected chi connectivity index (χ2v) is 11.3. The Labute approximate surface area is 247 Å². The molecular weight excluding hydrogens is 586 g/mol. The van der Waals surface area contributed by atoms with Gasteiger partial charge < -0.3 is 20.3 Å². The lowest BCUT2D eigenvalue weighted by atomic mass is 10.2. The van der Waals surface area contributed by atoms with Crippen molar-refractivity contribution in [1.82, 2.24) is 9.97 Å². The minimum absolute atomic E-state index is 0.0571. The highest BCUT2D eigenvalue weighted by Gasteiger charge is 2.30. The van der Waals surface area contributed by atoms with Crippen molar-refractivity contribution in [3.05, 3.63) is 95.9 Å². The van der Waals surface area contributed by atoms with Gasteiger partial charge in [-0.1, -0.05) is 0 Å². The zero-order valence-electron chi connectivity index (χ0n) is 22.9. The number of carbonyl (C=O) groups is 1. The van der Waals surface area contributed by atoms with E-state index in [0.29, 0.717) is 53.2 Å². The third-order valence-corrected chi connectivity index (χ3v) is 8.01. The lowest BCUT2D eigenvalue weighted by Gasteiger charge is -2.34. The predicted molar refractivity (Wildman–Crippen MR) is 156 cm³/mol. The van der Waals surface area contributed by atoms with Gasteiger partial charge in [0.25, 0.3) is 0 Å². The van der Waals surface area contributed by atoms with Gasteiger partial charge in [-0.3, -0.25) is 4.21 Å². The van der Waals surface area contributed by atoms with Crippen LogP contribution in [0.2, 0.25) is 0 Å². The zero-order valence-corrected chi connectivity index (χ0v) is 23.7. The molecule has 43 heavy (non-hydrogen) atoms. The van der Waals surface area contributed by atoms with Crippen LogP contribution in [-0.2, 0) is 27.5 Å². The van der Waals surface area contributed by atoms with E-state index in [1.807, 2.05) is 6.92 Å². The van der Waals surface area contributed by atoms with Crippen molar-refractivity contribution in [3.8, 4) is 11.4 Å². The maximum Gasteiger partial charge on any atom is 0.416 e. The Balaban J connectivity index is 1.33. The number of alkyl halides is 3. The molecule has 3 aromatic carbocycles. The third kappa shape index (κ3) is 7.73. The number of aromatic nitrogens is 2.